The summed E-state index contributed by atoms with van der Waals surface area (Å²) in [5.41, 5.74) is 3.31. The van der Waals surface area contributed by atoms with Gasteiger partial charge >= 0.3 is 0 Å². The molecule has 100 valence electrons. The highest BCUT2D eigenvalue weighted by molar-refractivity contribution is 9.11. The minimum Gasteiger partial charge on any atom is -0.207 e. The average molecular weight is 451 g/mol. The Bertz CT molecular complexity index is 596. The summed E-state index contributed by atoms with van der Waals surface area (Å²) >= 11 is 10.8. The van der Waals surface area contributed by atoms with Crippen molar-refractivity contribution >= 4 is 47.8 Å². The van der Waals surface area contributed by atoms with E-state index in [9.17, 15) is 4.39 Å². The largest absolute Gasteiger partial charge is 0.207 e. The van der Waals surface area contributed by atoms with E-state index in [1.165, 1.54) is 11.6 Å². The predicted octanol–water partition coefficient (Wildman–Crippen LogP) is 6.34. The molecule has 0 aliphatic rings. The number of hydrogen-bond donors (Lipinski definition) is 0. The standard InChI is InChI=1S/C15H12Br3F/c1-9-5-14(17)12(8-13(9)16)15(18)7-10-3-2-4-11(19)6-10/h2-6,8,15H,7H2,1H3. The number of rotatable bonds is 3. The van der Waals surface area contributed by atoms with Gasteiger partial charge in [0.2, 0.25) is 0 Å². The molecule has 2 aromatic carbocycles. The number of benzene rings is 2. The average Bonchev–Trinajstić information content (AvgIpc) is 2.33. The number of aryl methyl sites for hydroxylation is 1. The maximum atomic E-state index is 13.2. The first kappa shape index (κ1) is 15.2. The molecule has 1 atom stereocenters. The van der Waals surface area contributed by atoms with E-state index in [0.717, 1.165) is 26.5 Å². The third kappa shape index (κ3) is 3.89. The third-order valence-corrected chi connectivity index (χ3v) is 5.28. The Hall–Kier alpha value is -0.190. The van der Waals surface area contributed by atoms with Crippen LogP contribution in [0.1, 0.15) is 21.5 Å². The van der Waals surface area contributed by atoms with Gasteiger partial charge in [0.15, 0.2) is 0 Å². The lowest BCUT2D eigenvalue weighted by Gasteiger charge is -2.14. The van der Waals surface area contributed by atoms with E-state index in [2.05, 4.69) is 66.8 Å². The van der Waals surface area contributed by atoms with E-state index in [1.807, 2.05) is 6.07 Å². The van der Waals surface area contributed by atoms with Crippen LogP contribution in [0.2, 0.25) is 0 Å². The van der Waals surface area contributed by atoms with Crippen molar-refractivity contribution in [1.82, 2.24) is 0 Å². The fourth-order valence-electron chi connectivity index (χ4n) is 1.88. The highest BCUT2D eigenvalue weighted by Crippen LogP contribution is 2.35. The zero-order chi connectivity index (χ0) is 14.0. The molecule has 0 spiro atoms. The lowest BCUT2D eigenvalue weighted by molar-refractivity contribution is 0.625. The molecule has 4 heteroatoms. The monoisotopic (exact) mass is 448 g/mol. The van der Waals surface area contributed by atoms with Gasteiger partial charge in [-0.25, -0.2) is 4.39 Å². The van der Waals surface area contributed by atoms with Crippen molar-refractivity contribution in [1.29, 1.82) is 0 Å². The van der Waals surface area contributed by atoms with Gasteiger partial charge < -0.3 is 0 Å². The van der Waals surface area contributed by atoms with E-state index in [1.54, 1.807) is 12.1 Å². The topological polar surface area (TPSA) is 0 Å². The van der Waals surface area contributed by atoms with Gasteiger partial charge in [-0.3, -0.25) is 0 Å². The fraction of sp³-hybridized carbons (Fsp3) is 0.200. The Kier molecular flexibility index (Phi) is 5.21. The van der Waals surface area contributed by atoms with Gasteiger partial charge in [0.25, 0.3) is 0 Å². The Morgan fingerprint density at radius 3 is 2.53 bits per heavy atom. The molecular formula is C15H12Br3F. The van der Waals surface area contributed by atoms with Crippen molar-refractivity contribution in [3.63, 3.8) is 0 Å². The van der Waals surface area contributed by atoms with Crippen LogP contribution in [-0.2, 0) is 6.42 Å². The van der Waals surface area contributed by atoms with Gasteiger partial charge in [-0.2, -0.15) is 0 Å². The molecule has 0 radical (unpaired) electrons. The summed E-state index contributed by atoms with van der Waals surface area (Å²) in [6.07, 6.45) is 0.742. The molecule has 0 saturated heterocycles. The van der Waals surface area contributed by atoms with E-state index in [4.69, 9.17) is 0 Å². The van der Waals surface area contributed by atoms with Crippen LogP contribution in [-0.4, -0.2) is 0 Å². The summed E-state index contributed by atoms with van der Waals surface area (Å²) in [5.74, 6) is -0.193. The fourth-order valence-corrected chi connectivity index (χ4v) is 4.04. The highest BCUT2D eigenvalue weighted by Gasteiger charge is 2.14. The first-order chi connectivity index (χ1) is 8.97. The SMILES string of the molecule is Cc1cc(Br)c(C(Br)Cc2cccc(F)c2)cc1Br. The maximum Gasteiger partial charge on any atom is 0.123 e. The van der Waals surface area contributed by atoms with Crippen LogP contribution in [0.25, 0.3) is 0 Å². The Morgan fingerprint density at radius 1 is 1.11 bits per heavy atom. The summed E-state index contributed by atoms with van der Waals surface area (Å²) in [7, 11) is 0. The maximum absolute atomic E-state index is 13.2. The Morgan fingerprint density at radius 2 is 1.84 bits per heavy atom. The molecule has 0 amide bonds. The van der Waals surface area contributed by atoms with Crippen LogP contribution >= 0.6 is 47.8 Å². The summed E-state index contributed by atoms with van der Waals surface area (Å²) in [6.45, 7) is 2.05. The van der Waals surface area contributed by atoms with Gasteiger partial charge in [-0.1, -0.05) is 59.9 Å². The summed E-state index contributed by atoms with van der Waals surface area (Å²) in [6, 6.07) is 10.9. The smallest absolute Gasteiger partial charge is 0.123 e. The van der Waals surface area contributed by atoms with Crippen molar-refractivity contribution in [2.75, 3.05) is 0 Å². The molecule has 0 heterocycles. The number of hydrogen-bond acceptors (Lipinski definition) is 0. The van der Waals surface area contributed by atoms with Crippen LogP contribution < -0.4 is 0 Å². The molecule has 0 aromatic heterocycles. The second kappa shape index (κ2) is 6.51. The van der Waals surface area contributed by atoms with Crippen molar-refractivity contribution < 1.29 is 4.39 Å². The van der Waals surface area contributed by atoms with Gasteiger partial charge in [0.05, 0.1) is 0 Å². The second-order valence-corrected chi connectivity index (χ2v) is 7.24. The molecule has 19 heavy (non-hydrogen) atoms. The summed E-state index contributed by atoms with van der Waals surface area (Å²) in [5, 5.41) is 0. The minimum atomic E-state index is -0.193. The molecule has 2 aromatic rings. The highest BCUT2D eigenvalue weighted by atomic mass is 79.9. The minimum absolute atomic E-state index is 0.139. The van der Waals surface area contributed by atoms with E-state index < -0.39 is 0 Å². The van der Waals surface area contributed by atoms with Crippen molar-refractivity contribution in [3.05, 3.63) is 67.9 Å². The molecule has 0 bridgehead atoms. The van der Waals surface area contributed by atoms with Crippen molar-refractivity contribution in [2.45, 2.75) is 18.2 Å². The van der Waals surface area contributed by atoms with Gasteiger partial charge in [-0.05, 0) is 54.3 Å². The molecule has 0 aliphatic heterocycles. The van der Waals surface area contributed by atoms with Crippen LogP contribution in [0.15, 0.2) is 45.3 Å². The van der Waals surface area contributed by atoms with Gasteiger partial charge in [0.1, 0.15) is 5.82 Å². The molecule has 0 nitrogen and oxygen atoms in total. The first-order valence-electron chi connectivity index (χ1n) is 5.81. The summed E-state index contributed by atoms with van der Waals surface area (Å²) in [4.78, 5) is 0.139. The number of halogens is 4. The Balaban J connectivity index is 2.25. The zero-order valence-corrected chi connectivity index (χ0v) is 15.0. The quantitative estimate of drug-likeness (QED) is 0.479. The van der Waals surface area contributed by atoms with E-state index in [0.29, 0.717) is 0 Å². The number of alkyl halides is 1. The zero-order valence-electron chi connectivity index (χ0n) is 10.3. The lowest BCUT2D eigenvalue weighted by atomic mass is 10.0. The molecule has 0 saturated carbocycles. The normalized spacial score (nSPS) is 12.5. The second-order valence-electron chi connectivity index (χ2n) is 4.42. The lowest BCUT2D eigenvalue weighted by Crippen LogP contribution is -1.98. The van der Waals surface area contributed by atoms with Crippen molar-refractivity contribution in [2.24, 2.45) is 0 Å². The van der Waals surface area contributed by atoms with E-state index in [-0.39, 0.29) is 10.6 Å². The van der Waals surface area contributed by atoms with E-state index >= 15 is 0 Å². The third-order valence-electron chi connectivity index (χ3n) is 2.92. The van der Waals surface area contributed by atoms with Gasteiger partial charge in [0, 0.05) is 13.8 Å². The Labute approximate surface area is 137 Å². The molecule has 1 unspecified atom stereocenters. The first-order valence-corrected chi connectivity index (χ1v) is 8.31. The molecule has 0 fully saturated rings. The predicted molar refractivity (Wildman–Crippen MR) is 88.4 cm³/mol. The molecule has 0 N–H and O–H groups in total. The van der Waals surface area contributed by atoms with Crippen LogP contribution in [0.5, 0.6) is 0 Å². The van der Waals surface area contributed by atoms with Gasteiger partial charge in [-0.15, -0.1) is 0 Å². The van der Waals surface area contributed by atoms with Crippen LogP contribution in [0.3, 0.4) is 0 Å². The van der Waals surface area contributed by atoms with Crippen molar-refractivity contribution in [3.8, 4) is 0 Å². The summed E-state index contributed by atoms with van der Waals surface area (Å²) < 4.78 is 15.3. The van der Waals surface area contributed by atoms with Crippen LogP contribution in [0.4, 0.5) is 4.39 Å². The molecular weight excluding hydrogens is 439 g/mol. The molecule has 2 rings (SSSR count). The molecule has 0 aliphatic carbocycles. The van der Waals surface area contributed by atoms with Crippen LogP contribution in [0, 0.1) is 12.7 Å².